The Morgan fingerprint density at radius 2 is 1.89 bits per heavy atom. The van der Waals surface area contributed by atoms with Gasteiger partial charge in [0.2, 0.25) is 0 Å². The van der Waals surface area contributed by atoms with Crippen LogP contribution < -0.4 is 10.1 Å². The molecule has 1 atom stereocenters. The number of ether oxygens (including phenoxy) is 2. The van der Waals surface area contributed by atoms with Crippen LogP contribution in [0.2, 0.25) is 0 Å². The summed E-state index contributed by atoms with van der Waals surface area (Å²) in [6.45, 7) is 3.32. The molecule has 1 saturated heterocycles. The molecule has 0 aromatic heterocycles. The standard InChI is InChI=1S/C12H14F3NO2/c1-8(16-10-6-17-7-10)9-2-4-11(5-3-9)18-12(13,14)15/h2-5,8,10,16H,6-7H2,1H3. The summed E-state index contributed by atoms with van der Waals surface area (Å²) in [7, 11) is 0. The van der Waals surface area contributed by atoms with Gasteiger partial charge in [0.25, 0.3) is 0 Å². The number of nitrogens with one attached hydrogen (secondary N) is 1. The van der Waals surface area contributed by atoms with Crippen LogP contribution in [-0.4, -0.2) is 25.6 Å². The maximum Gasteiger partial charge on any atom is 0.573 e. The maximum atomic E-state index is 12.0. The summed E-state index contributed by atoms with van der Waals surface area (Å²) in [5, 5.41) is 3.31. The summed E-state index contributed by atoms with van der Waals surface area (Å²) in [5.41, 5.74) is 0.913. The fourth-order valence-electron chi connectivity index (χ4n) is 1.74. The zero-order valence-corrected chi connectivity index (χ0v) is 9.83. The third kappa shape index (κ3) is 3.61. The lowest BCUT2D eigenvalue weighted by atomic mass is 10.1. The number of benzene rings is 1. The SMILES string of the molecule is CC(NC1COC1)c1ccc(OC(F)(F)F)cc1. The molecule has 0 bridgehead atoms. The predicted octanol–water partition coefficient (Wildman–Crippen LogP) is 2.63. The molecule has 1 unspecified atom stereocenters. The summed E-state index contributed by atoms with van der Waals surface area (Å²) < 4.78 is 44.8. The van der Waals surface area contributed by atoms with Gasteiger partial charge < -0.3 is 14.8 Å². The van der Waals surface area contributed by atoms with Gasteiger partial charge in [-0.25, -0.2) is 0 Å². The highest BCUT2D eigenvalue weighted by Crippen LogP contribution is 2.24. The molecule has 100 valence electrons. The zero-order valence-electron chi connectivity index (χ0n) is 9.83. The van der Waals surface area contributed by atoms with Crippen molar-refractivity contribution >= 4 is 0 Å². The minimum Gasteiger partial charge on any atom is -0.406 e. The van der Waals surface area contributed by atoms with Gasteiger partial charge in [0, 0.05) is 6.04 Å². The molecule has 1 aliphatic heterocycles. The third-order valence-corrected chi connectivity index (χ3v) is 2.74. The molecule has 1 fully saturated rings. The quantitative estimate of drug-likeness (QED) is 0.903. The molecule has 1 aliphatic rings. The average Bonchev–Trinajstić information content (AvgIpc) is 2.22. The van der Waals surface area contributed by atoms with Gasteiger partial charge in [-0.3, -0.25) is 0 Å². The maximum absolute atomic E-state index is 12.0. The molecule has 3 nitrogen and oxygen atoms in total. The predicted molar refractivity (Wildman–Crippen MR) is 59.3 cm³/mol. The number of hydrogen-bond acceptors (Lipinski definition) is 3. The number of rotatable bonds is 4. The summed E-state index contributed by atoms with van der Waals surface area (Å²) in [6.07, 6.45) is -4.64. The third-order valence-electron chi connectivity index (χ3n) is 2.74. The molecule has 1 N–H and O–H groups in total. The smallest absolute Gasteiger partial charge is 0.406 e. The topological polar surface area (TPSA) is 30.5 Å². The van der Waals surface area contributed by atoms with Crippen LogP contribution in [0, 0.1) is 0 Å². The Kier molecular flexibility index (Phi) is 3.77. The first kappa shape index (κ1) is 13.2. The van der Waals surface area contributed by atoms with Crippen LogP contribution in [0.1, 0.15) is 18.5 Å². The molecule has 18 heavy (non-hydrogen) atoms. The first-order valence-electron chi connectivity index (χ1n) is 5.63. The van der Waals surface area contributed by atoms with Crippen molar-refractivity contribution in [1.82, 2.24) is 5.32 Å². The molecule has 0 aliphatic carbocycles. The van der Waals surface area contributed by atoms with Gasteiger partial charge in [-0.2, -0.15) is 0 Å². The van der Waals surface area contributed by atoms with Crippen molar-refractivity contribution in [3.8, 4) is 5.75 Å². The molecule has 6 heteroatoms. The molecule has 0 saturated carbocycles. The lowest BCUT2D eigenvalue weighted by molar-refractivity contribution is -0.274. The van der Waals surface area contributed by atoms with Gasteiger partial charge in [0.1, 0.15) is 5.75 Å². The second-order valence-corrected chi connectivity index (χ2v) is 4.24. The Balaban J connectivity index is 1.93. The molecule has 0 amide bonds. The van der Waals surface area contributed by atoms with Crippen LogP contribution in [0.5, 0.6) is 5.75 Å². The highest BCUT2D eigenvalue weighted by Gasteiger charge is 2.31. The van der Waals surface area contributed by atoms with Gasteiger partial charge in [0.15, 0.2) is 0 Å². The van der Waals surface area contributed by atoms with Gasteiger partial charge in [-0.15, -0.1) is 13.2 Å². The van der Waals surface area contributed by atoms with E-state index in [1.807, 2.05) is 6.92 Å². The van der Waals surface area contributed by atoms with Crippen molar-refractivity contribution in [1.29, 1.82) is 0 Å². The lowest BCUT2D eigenvalue weighted by Gasteiger charge is -2.30. The highest BCUT2D eigenvalue weighted by atomic mass is 19.4. The van der Waals surface area contributed by atoms with Crippen LogP contribution >= 0.6 is 0 Å². The number of hydrogen-bond donors (Lipinski definition) is 1. The van der Waals surface area contributed by atoms with Crippen LogP contribution in [0.25, 0.3) is 0 Å². The van der Waals surface area contributed by atoms with Gasteiger partial charge in [-0.05, 0) is 24.6 Å². The van der Waals surface area contributed by atoms with Crippen LogP contribution in [0.4, 0.5) is 13.2 Å². The van der Waals surface area contributed by atoms with Crippen molar-refractivity contribution in [3.63, 3.8) is 0 Å². The number of halogens is 3. The van der Waals surface area contributed by atoms with Crippen molar-refractivity contribution in [2.75, 3.05) is 13.2 Å². The van der Waals surface area contributed by atoms with Crippen molar-refractivity contribution in [2.45, 2.75) is 25.4 Å². The first-order chi connectivity index (χ1) is 8.44. The molecular weight excluding hydrogens is 247 g/mol. The summed E-state index contributed by atoms with van der Waals surface area (Å²) in [6, 6.07) is 6.28. The van der Waals surface area contributed by atoms with E-state index in [0.29, 0.717) is 19.3 Å². The summed E-state index contributed by atoms with van der Waals surface area (Å²) >= 11 is 0. The molecule has 2 rings (SSSR count). The minimum atomic E-state index is -4.64. The Bertz CT molecular complexity index is 387. The average molecular weight is 261 g/mol. The summed E-state index contributed by atoms with van der Waals surface area (Å²) in [5.74, 6) is -0.203. The van der Waals surface area contributed by atoms with Crippen molar-refractivity contribution < 1.29 is 22.6 Å². The molecule has 0 radical (unpaired) electrons. The minimum absolute atomic E-state index is 0.0684. The van der Waals surface area contributed by atoms with E-state index in [0.717, 1.165) is 5.56 Å². The Morgan fingerprint density at radius 1 is 1.28 bits per heavy atom. The zero-order chi connectivity index (χ0) is 13.2. The van der Waals surface area contributed by atoms with Gasteiger partial charge >= 0.3 is 6.36 Å². The van der Waals surface area contributed by atoms with Crippen LogP contribution in [0.15, 0.2) is 24.3 Å². The second-order valence-electron chi connectivity index (χ2n) is 4.24. The normalized spacial score (nSPS) is 18.2. The van der Waals surface area contributed by atoms with E-state index in [2.05, 4.69) is 10.1 Å². The molecule has 1 heterocycles. The van der Waals surface area contributed by atoms with E-state index in [9.17, 15) is 13.2 Å². The van der Waals surface area contributed by atoms with E-state index < -0.39 is 6.36 Å². The Labute approximate surface area is 103 Å². The molecule has 0 spiro atoms. The lowest BCUT2D eigenvalue weighted by Crippen LogP contribution is -2.46. The van der Waals surface area contributed by atoms with Gasteiger partial charge in [-0.1, -0.05) is 12.1 Å². The molecule has 1 aromatic carbocycles. The van der Waals surface area contributed by atoms with Crippen LogP contribution in [-0.2, 0) is 4.74 Å². The van der Waals surface area contributed by atoms with E-state index in [1.54, 1.807) is 12.1 Å². The Hall–Kier alpha value is -1.27. The highest BCUT2D eigenvalue weighted by molar-refractivity contribution is 5.29. The van der Waals surface area contributed by atoms with Crippen molar-refractivity contribution in [3.05, 3.63) is 29.8 Å². The van der Waals surface area contributed by atoms with E-state index in [4.69, 9.17) is 4.74 Å². The Morgan fingerprint density at radius 3 is 2.33 bits per heavy atom. The molecule has 1 aromatic rings. The fraction of sp³-hybridized carbons (Fsp3) is 0.500. The fourth-order valence-corrected chi connectivity index (χ4v) is 1.74. The summed E-state index contributed by atoms with van der Waals surface area (Å²) in [4.78, 5) is 0. The largest absolute Gasteiger partial charge is 0.573 e. The number of alkyl halides is 3. The first-order valence-corrected chi connectivity index (χ1v) is 5.63. The van der Waals surface area contributed by atoms with Crippen LogP contribution in [0.3, 0.4) is 0 Å². The van der Waals surface area contributed by atoms with Crippen molar-refractivity contribution in [2.24, 2.45) is 0 Å². The molecular formula is C12H14F3NO2. The second kappa shape index (κ2) is 5.16. The van der Waals surface area contributed by atoms with E-state index in [-0.39, 0.29) is 11.8 Å². The monoisotopic (exact) mass is 261 g/mol. The van der Waals surface area contributed by atoms with E-state index >= 15 is 0 Å². The van der Waals surface area contributed by atoms with Gasteiger partial charge in [0.05, 0.1) is 19.3 Å². The van der Waals surface area contributed by atoms with E-state index in [1.165, 1.54) is 12.1 Å².